The topological polar surface area (TPSA) is 125 Å². The number of halogens is 1. The maximum Gasteiger partial charge on any atom is 0.221 e. The van der Waals surface area contributed by atoms with Crippen LogP contribution in [0.25, 0.3) is 0 Å². The van der Waals surface area contributed by atoms with Crippen LogP contribution in [0.4, 0.5) is 0 Å². The molecule has 58 valence electrons. The largest absolute Gasteiger partial charge is 0.457 e. The lowest BCUT2D eigenvalue weighted by atomic mass is 13.9. The van der Waals surface area contributed by atoms with Gasteiger partial charge in [0.2, 0.25) is 9.92 Å². The molecule has 0 amide bonds. The van der Waals surface area contributed by atoms with E-state index in [-0.39, 0.29) is 0 Å². The minimum Gasteiger partial charge on any atom is -0.457 e. The predicted octanol–water partition coefficient (Wildman–Crippen LogP) is -6.88. The van der Waals surface area contributed by atoms with Gasteiger partial charge in [-0.3, -0.25) is 0 Å². The lowest BCUT2D eigenvalue weighted by Gasteiger charge is -2.03. The van der Waals surface area contributed by atoms with Crippen molar-refractivity contribution in [1.82, 2.24) is 0 Å². The minimum absolute atomic E-state index is 0.514. The van der Waals surface area contributed by atoms with Crippen LogP contribution in [0.2, 0.25) is 0 Å². The van der Waals surface area contributed by atoms with E-state index in [1.807, 2.05) is 0 Å². The summed E-state index contributed by atoms with van der Waals surface area (Å²) in [6.45, 7) is 0. The average Bonchev–Trinajstić information content (AvgIpc) is 1.61. The fraction of sp³-hybridized carbons (Fsp3) is 0. The summed E-state index contributed by atoms with van der Waals surface area (Å²) in [4.78, 5) is 0. The second kappa shape index (κ2) is 6.60. The van der Waals surface area contributed by atoms with Crippen molar-refractivity contribution in [2.45, 2.75) is 0 Å². The SMILES string of the molecule is N[SiH2]O[SiH3].[O-][Cl+3]([O-])([O-])O. The van der Waals surface area contributed by atoms with Gasteiger partial charge in [0.25, 0.3) is 0 Å². The van der Waals surface area contributed by atoms with Gasteiger partial charge in [0.15, 0.2) is 0 Å². The third-order valence-corrected chi connectivity index (χ3v) is 1.50. The molecule has 9 heteroatoms. The maximum absolute atomic E-state index is 8.60. The van der Waals surface area contributed by atoms with Gasteiger partial charge < -0.3 is 9.51 Å². The monoisotopic (exact) mass is 193 g/mol. The van der Waals surface area contributed by atoms with E-state index >= 15 is 0 Å². The van der Waals surface area contributed by atoms with Gasteiger partial charge >= 0.3 is 0 Å². The molecule has 0 saturated heterocycles. The summed E-state index contributed by atoms with van der Waals surface area (Å²) < 4.78 is 37.3. The molecule has 6 nitrogen and oxygen atoms in total. The quantitative estimate of drug-likeness (QED) is 0.399. The molecule has 0 bridgehead atoms. The van der Waals surface area contributed by atoms with Crippen molar-refractivity contribution in [2.75, 3.05) is 0 Å². The Hall–Kier alpha value is 0.484. The molecule has 0 aromatic carbocycles. The van der Waals surface area contributed by atoms with E-state index in [0.29, 0.717) is 0 Å². The number of hydrogen-bond acceptors (Lipinski definition) is 6. The van der Waals surface area contributed by atoms with Crippen LogP contribution in [0, 0.1) is 10.2 Å². The average molecular weight is 194 g/mol. The Morgan fingerprint density at radius 2 is 1.67 bits per heavy atom. The normalized spacial score (nSPS) is 11.7. The highest BCUT2D eigenvalue weighted by atomic mass is 35.7. The van der Waals surface area contributed by atoms with Crippen molar-refractivity contribution in [3.05, 3.63) is 0 Å². The van der Waals surface area contributed by atoms with Crippen LogP contribution >= 0.6 is 0 Å². The van der Waals surface area contributed by atoms with Crippen LogP contribution < -0.4 is 19.4 Å². The standard InChI is InChI=1S/ClHO4.H7NOSi2/c2-1(3,4)5;1-4-2-3/h(H,2,3,4,5);1,4H2,3H3. The summed E-state index contributed by atoms with van der Waals surface area (Å²) >= 11 is 0. The molecule has 0 aromatic rings. The van der Waals surface area contributed by atoms with Crippen molar-refractivity contribution in [3.8, 4) is 0 Å². The van der Waals surface area contributed by atoms with E-state index in [4.69, 9.17) is 24.0 Å². The van der Waals surface area contributed by atoms with E-state index in [0.717, 1.165) is 10.5 Å². The maximum atomic E-state index is 8.60. The number of hydrogen-bond donors (Lipinski definition) is 2. The summed E-state index contributed by atoms with van der Waals surface area (Å²) in [6, 6.07) is 0. The van der Waals surface area contributed by atoms with Gasteiger partial charge in [-0.05, 0) is 0 Å². The van der Waals surface area contributed by atoms with E-state index in [2.05, 4.69) is 4.12 Å². The van der Waals surface area contributed by atoms with Gasteiger partial charge in [-0.15, -0.1) is 0 Å². The third kappa shape index (κ3) is 162. The Kier molecular flexibility index (Phi) is 8.94. The first-order chi connectivity index (χ1) is 3.91. The Morgan fingerprint density at radius 3 is 1.67 bits per heavy atom. The minimum atomic E-state index is -4.69. The first-order valence-corrected chi connectivity index (χ1v) is 5.21. The highest BCUT2D eigenvalue weighted by molar-refractivity contribution is 6.30. The molecule has 3 N–H and O–H groups in total. The lowest BCUT2D eigenvalue weighted by molar-refractivity contribution is -1.92. The molecule has 0 saturated carbocycles. The van der Waals surface area contributed by atoms with Crippen molar-refractivity contribution >= 4 is 20.4 Å². The first-order valence-electron chi connectivity index (χ1n) is 1.74. The molecule has 0 radical (unpaired) electrons. The van der Waals surface area contributed by atoms with Crippen molar-refractivity contribution < 1.29 is 33.0 Å². The van der Waals surface area contributed by atoms with Gasteiger partial charge in [-0.25, -0.2) is 0 Å². The smallest absolute Gasteiger partial charge is 0.221 e. The second-order valence-corrected chi connectivity index (χ2v) is 4.29. The van der Waals surface area contributed by atoms with Gasteiger partial charge in [0, 0.05) is 0 Å². The molecule has 0 spiro atoms. The lowest BCUT2D eigenvalue weighted by Crippen LogP contribution is -2.58. The molecular weight excluding hydrogens is 186 g/mol. The fourth-order valence-electron chi connectivity index (χ4n) is 0. The van der Waals surface area contributed by atoms with Crippen molar-refractivity contribution in [3.63, 3.8) is 0 Å². The molecule has 0 heterocycles. The molecule has 0 rings (SSSR count). The van der Waals surface area contributed by atoms with Crippen LogP contribution in [-0.2, 0) is 4.12 Å². The number of rotatable bonds is 1. The summed E-state index contributed by atoms with van der Waals surface area (Å²) in [6.07, 6.45) is 0. The Morgan fingerprint density at radius 1 is 1.56 bits per heavy atom. The van der Waals surface area contributed by atoms with Gasteiger partial charge in [-0.1, -0.05) is 0 Å². The molecular formula is H8ClNO5Si2. The summed E-state index contributed by atoms with van der Waals surface area (Å²) in [5.41, 5.74) is 0. The number of nitrogens with two attached hydrogens (primary N) is 1. The Balaban J connectivity index is 0. The Bertz CT molecular complexity index is 45.4. The van der Waals surface area contributed by atoms with Crippen LogP contribution in [0.3, 0.4) is 0 Å². The van der Waals surface area contributed by atoms with Crippen molar-refractivity contribution in [1.29, 1.82) is 0 Å². The van der Waals surface area contributed by atoms with Gasteiger partial charge in [-0.2, -0.15) is 14.0 Å². The molecule has 0 unspecified atom stereocenters. The fourth-order valence-corrected chi connectivity index (χ4v) is 0. The second-order valence-electron chi connectivity index (χ2n) is 0.851. The van der Waals surface area contributed by atoms with E-state index in [9.17, 15) is 0 Å². The predicted molar refractivity (Wildman–Crippen MR) is 26.0 cm³/mol. The molecule has 9 heavy (non-hydrogen) atoms. The zero-order chi connectivity index (χ0) is 7.91. The zero-order valence-corrected chi connectivity index (χ0v) is 8.91. The van der Waals surface area contributed by atoms with Crippen molar-refractivity contribution in [2.24, 2.45) is 5.40 Å². The molecule has 0 aliphatic rings. The highest BCUT2D eigenvalue weighted by Crippen LogP contribution is 1.60. The van der Waals surface area contributed by atoms with E-state index in [1.165, 1.54) is 0 Å². The Labute approximate surface area is 59.5 Å². The first kappa shape index (κ1) is 12.2. The van der Waals surface area contributed by atoms with Crippen LogP contribution in [0.5, 0.6) is 0 Å². The molecule has 0 aliphatic carbocycles. The van der Waals surface area contributed by atoms with Crippen LogP contribution in [-0.4, -0.2) is 25.1 Å². The van der Waals surface area contributed by atoms with Gasteiger partial charge in [0.1, 0.15) is 10.5 Å². The molecule has 0 aliphatic heterocycles. The summed E-state index contributed by atoms with van der Waals surface area (Å²) in [5, 5.41) is 4.98. The van der Waals surface area contributed by atoms with Crippen LogP contribution in [0.15, 0.2) is 0 Å². The summed E-state index contributed by atoms with van der Waals surface area (Å²) in [7, 11) is -4.38. The molecule has 0 aromatic heterocycles. The van der Waals surface area contributed by atoms with Gasteiger partial charge in [0.05, 0.1) is 14.9 Å². The van der Waals surface area contributed by atoms with E-state index in [1.54, 1.807) is 0 Å². The zero-order valence-electron chi connectivity index (χ0n) is 4.74. The summed E-state index contributed by atoms with van der Waals surface area (Å²) in [5.74, 6) is 0. The molecule has 0 fully saturated rings. The highest BCUT2D eigenvalue weighted by Gasteiger charge is 1.98. The van der Waals surface area contributed by atoms with Crippen LogP contribution in [0.1, 0.15) is 0 Å². The molecule has 0 atom stereocenters. The third-order valence-electron chi connectivity index (χ3n) is 0.167. The van der Waals surface area contributed by atoms with E-state index < -0.39 is 20.2 Å².